The molecule has 6 heteroatoms. The average Bonchev–Trinajstić information content (AvgIpc) is 3.11. The Labute approximate surface area is 288 Å². The van der Waals surface area contributed by atoms with Crippen LogP contribution in [0.5, 0.6) is 0 Å². The zero-order valence-electron chi connectivity index (χ0n) is 29.6. The molecule has 0 bridgehead atoms. The number of carbonyl (C=O) groups is 2. The van der Waals surface area contributed by atoms with Crippen molar-refractivity contribution in [2.75, 3.05) is 26.9 Å². The number of aliphatic hydroxyl groups excluding tert-OH is 1. The van der Waals surface area contributed by atoms with Gasteiger partial charge in [0.1, 0.15) is 6.29 Å². The molecular formula is C42H56O6. The van der Waals surface area contributed by atoms with Crippen LogP contribution < -0.4 is 0 Å². The quantitative estimate of drug-likeness (QED) is 0.0512. The van der Waals surface area contributed by atoms with Crippen molar-refractivity contribution in [1.29, 1.82) is 0 Å². The number of ether oxygens (including phenoxy) is 1. The van der Waals surface area contributed by atoms with Gasteiger partial charge in [0.05, 0.1) is 25.4 Å². The van der Waals surface area contributed by atoms with Gasteiger partial charge in [-0.05, 0) is 120 Å². The highest BCUT2D eigenvalue weighted by Crippen LogP contribution is 2.39. The number of aryl methyl sites for hydroxylation is 2. The highest BCUT2D eigenvalue weighted by Gasteiger charge is 2.26. The lowest BCUT2D eigenvalue weighted by Gasteiger charge is -2.31. The first-order chi connectivity index (χ1) is 23.2. The largest absolute Gasteiger partial charge is 0.391 e. The Morgan fingerprint density at radius 3 is 2.23 bits per heavy atom. The molecule has 6 nitrogen and oxygen atoms in total. The molecule has 1 fully saturated rings. The summed E-state index contributed by atoms with van der Waals surface area (Å²) in [6.07, 6.45) is 12.5. The molecule has 0 saturated heterocycles. The summed E-state index contributed by atoms with van der Waals surface area (Å²) in [5.74, 6) is 0.581. The van der Waals surface area contributed by atoms with Crippen molar-refractivity contribution in [2.24, 2.45) is 11.8 Å². The van der Waals surface area contributed by atoms with Gasteiger partial charge in [0.2, 0.25) is 0 Å². The molecule has 1 aliphatic carbocycles. The second-order valence-corrected chi connectivity index (χ2v) is 13.3. The van der Waals surface area contributed by atoms with E-state index in [-0.39, 0.29) is 18.1 Å². The maximum absolute atomic E-state index is 11.7. The van der Waals surface area contributed by atoms with E-state index in [9.17, 15) is 9.59 Å². The third kappa shape index (κ3) is 12.1. The number of aldehydes is 1. The van der Waals surface area contributed by atoms with Crippen molar-refractivity contribution in [1.82, 2.24) is 0 Å². The summed E-state index contributed by atoms with van der Waals surface area (Å²) in [6.45, 7) is 13.3. The molecule has 1 aliphatic rings. The number of allylic oxidation sites excluding steroid dienone is 1. The van der Waals surface area contributed by atoms with Crippen LogP contribution in [0.25, 0.3) is 21.9 Å². The lowest BCUT2D eigenvalue weighted by atomic mass is 9.75. The predicted molar refractivity (Wildman–Crippen MR) is 196 cm³/mol. The van der Waals surface area contributed by atoms with Gasteiger partial charge in [-0.25, -0.2) is 4.79 Å². The van der Waals surface area contributed by atoms with Gasteiger partial charge in [0, 0.05) is 13.0 Å². The number of hydrogen-bond donors (Lipinski definition) is 1. The maximum Gasteiger partial charge on any atom is 0.370 e. The molecule has 3 aromatic rings. The molecule has 0 radical (unpaired) electrons. The number of rotatable bonds is 17. The van der Waals surface area contributed by atoms with E-state index >= 15 is 0 Å². The van der Waals surface area contributed by atoms with E-state index in [1.807, 2.05) is 0 Å². The Bertz CT molecular complexity index is 1480. The summed E-state index contributed by atoms with van der Waals surface area (Å²) in [5.41, 5.74) is 7.58. The first kappa shape index (κ1) is 38.9. The Balaban J connectivity index is 0.00000116. The molecule has 0 spiro atoms. The van der Waals surface area contributed by atoms with Crippen molar-refractivity contribution >= 4 is 23.0 Å². The Hall–Kier alpha value is -3.58. The van der Waals surface area contributed by atoms with E-state index in [0.29, 0.717) is 24.0 Å². The Morgan fingerprint density at radius 1 is 0.917 bits per heavy atom. The van der Waals surface area contributed by atoms with Gasteiger partial charge in [0.15, 0.2) is 0 Å². The number of unbranched alkanes of at least 4 members (excludes halogenated alkanes) is 2. The lowest BCUT2D eigenvalue weighted by Crippen LogP contribution is -2.23. The highest BCUT2D eigenvalue weighted by molar-refractivity contribution is 5.88. The van der Waals surface area contributed by atoms with E-state index in [1.54, 1.807) is 14.0 Å². The molecular weight excluding hydrogens is 600 g/mol. The molecule has 0 aromatic heterocycles. The highest BCUT2D eigenvalue weighted by atomic mass is 17.2. The normalized spacial score (nSPS) is 16.4. The van der Waals surface area contributed by atoms with Crippen molar-refractivity contribution in [3.05, 3.63) is 95.6 Å². The molecule has 48 heavy (non-hydrogen) atoms. The Kier molecular flexibility index (Phi) is 16.8. The van der Waals surface area contributed by atoms with Gasteiger partial charge in [-0.15, -0.1) is 0 Å². The van der Waals surface area contributed by atoms with E-state index < -0.39 is 12.6 Å². The predicted octanol–water partition coefficient (Wildman–Crippen LogP) is 9.51. The topological polar surface area (TPSA) is 82.1 Å². The minimum Gasteiger partial charge on any atom is -0.391 e. The number of hydrogen-bond acceptors (Lipinski definition) is 6. The molecule has 1 atom stereocenters. The number of fused-ring (bicyclic) bond motifs is 1. The van der Waals surface area contributed by atoms with Crippen LogP contribution in [-0.4, -0.2) is 44.3 Å². The Morgan fingerprint density at radius 2 is 1.58 bits per heavy atom. The first-order valence-corrected chi connectivity index (χ1v) is 17.6. The smallest absolute Gasteiger partial charge is 0.370 e. The minimum absolute atomic E-state index is 0.0240. The second-order valence-electron chi connectivity index (χ2n) is 13.3. The summed E-state index contributed by atoms with van der Waals surface area (Å²) in [5, 5.41) is 11.6. The number of aliphatic hydroxyl groups is 1. The average molecular weight is 657 g/mol. The monoisotopic (exact) mass is 656 g/mol. The number of methoxy groups -OCH3 is 1. The minimum atomic E-state index is -0.733. The van der Waals surface area contributed by atoms with E-state index in [4.69, 9.17) is 19.6 Å². The molecule has 260 valence electrons. The number of benzene rings is 3. The number of carbonyl (C=O) groups excluding carboxylic acids is 2. The fraction of sp³-hybridized carbons (Fsp3) is 0.476. The summed E-state index contributed by atoms with van der Waals surface area (Å²) in [4.78, 5) is 31.0. The van der Waals surface area contributed by atoms with Gasteiger partial charge in [0.25, 0.3) is 0 Å². The maximum atomic E-state index is 11.7. The molecule has 0 heterocycles. The van der Waals surface area contributed by atoms with Gasteiger partial charge < -0.3 is 9.84 Å². The third-order valence-electron chi connectivity index (χ3n) is 9.34. The summed E-state index contributed by atoms with van der Waals surface area (Å²) in [7, 11) is 1.68. The first-order valence-electron chi connectivity index (χ1n) is 17.6. The van der Waals surface area contributed by atoms with Crippen LogP contribution >= 0.6 is 0 Å². The molecule has 1 saturated carbocycles. The van der Waals surface area contributed by atoms with Crippen LogP contribution in [0.3, 0.4) is 0 Å². The van der Waals surface area contributed by atoms with E-state index in [2.05, 4.69) is 81.6 Å². The van der Waals surface area contributed by atoms with Gasteiger partial charge in [-0.2, -0.15) is 4.89 Å². The third-order valence-corrected chi connectivity index (χ3v) is 9.34. The van der Waals surface area contributed by atoms with Crippen LogP contribution in [0.15, 0.2) is 78.9 Å². The van der Waals surface area contributed by atoms with Gasteiger partial charge >= 0.3 is 5.97 Å². The standard InChI is InChI=1S/C38H50O5.C4H6O/c1-5-7-8-9-31-14-15-34(21-30(31)6-2)36-19-18-35-22-33(16-17-37(35)23-36)32-12-10-28(11-13-32)20-29(25-41-4)26-42-43-38(40)27(3)24-39;1-4(2)3-5/h14-19,21-23,28-29,32,39H,3,5-13,20,24-26H2,1-2,4H3;3H,1H2,2H3. The van der Waals surface area contributed by atoms with Crippen LogP contribution in [0, 0.1) is 11.8 Å². The summed E-state index contributed by atoms with van der Waals surface area (Å²) >= 11 is 0. The van der Waals surface area contributed by atoms with Crippen molar-refractivity contribution < 1.29 is 29.2 Å². The zero-order valence-corrected chi connectivity index (χ0v) is 29.6. The van der Waals surface area contributed by atoms with Crippen molar-refractivity contribution in [3.63, 3.8) is 0 Å². The van der Waals surface area contributed by atoms with Crippen molar-refractivity contribution in [2.45, 2.75) is 90.9 Å². The molecule has 3 aromatic carbocycles. The van der Waals surface area contributed by atoms with Gasteiger partial charge in [-0.3, -0.25) is 9.68 Å². The molecule has 4 rings (SSSR count). The van der Waals surface area contributed by atoms with Crippen LogP contribution in [0.1, 0.15) is 94.7 Å². The van der Waals surface area contributed by atoms with Crippen molar-refractivity contribution in [3.8, 4) is 11.1 Å². The van der Waals surface area contributed by atoms with Crippen LogP contribution in [0.4, 0.5) is 0 Å². The molecule has 1 unspecified atom stereocenters. The zero-order chi connectivity index (χ0) is 34.9. The lowest BCUT2D eigenvalue weighted by molar-refractivity contribution is -0.276. The van der Waals surface area contributed by atoms with Crippen LogP contribution in [-0.2, 0) is 36.9 Å². The summed E-state index contributed by atoms with van der Waals surface area (Å²) < 4.78 is 5.40. The summed E-state index contributed by atoms with van der Waals surface area (Å²) in [6, 6.07) is 21.0. The molecule has 0 amide bonds. The second kappa shape index (κ2) is 20.7. The molecule has 1 N–H and O–H groups in total. The van der Waals surface area contributed by atoms with Crippen LogP contribution in [0.2, 0.25) is 0 Å². The fourth-order valence-corrected chi connectivity index (χ4v) is 6.57. The SMILES string of the molecule is C=C(C)C=O.C=C(CO)C(=O)OOCC(COC)CC1CCC(c2ccc3cc(-c4ccc(CCCCC)c(CC)c4)ccc3c2)CC1. The van der Waals surface area contributed by atoms with E-state index in [1.165, 1.54) is 77.1 Å². The van der Waals surface area contributed by atoms with E-state index in [0.717, 1.165) is 32.0 Å². The van der Waals surface area contributed by atoms with Gasteiger partial charge in [-0.1, -0.05) is 88.4 Å². The molecule has 0 aliphatic heterocycles. The fourth-order valence-electron chi connectivity index (χ4n) is 6.57.